The molecular weight excluding hydrogens is 368 g/mol. The molecule has 0 saturated carbocycles. The van der Waals surface area contributed by atoms with Crippen LogP contribution >= 0.6 is 39.3 Å². The second-order valence-electron chi connectivity index (χ2n) is 3.89. The number of rotatable bonds is 6. The lowest BCUT2D eigenvalue weighted by molar-refractivity contribution is -0.139. The summed E-state index contributed by atoms with van der Waals surface area (Å²) in [6.45, 7) is 0. The Bertz CT molecular complexity index is 502. The van der Waals surface area contributed by atoms with Gasteiger partial charge < -0.3 is 15.7 Å². The molecule has 1 atom stereocenters. The third-order valence-electron chi connectivity index (χ3n) is 2.39. The second kappa shape index (κ2) is 8.39. The molecule has 8 heteroatoms. The average molecular weight is 382 g/mol. The van der Waals surface area contributed by atoms with Crippen LogP contribution in [0.4, 0.5) is 10.5 Å². The minimum atomic E-state index is -1.05. The molecule has 0 aliphatic heterocycles. The number of amides is 2. The van der Waals surface area contributed by atoms with Crippen LogP contribution in [0.2, 0.25) is 5.02 Å². The van der Waals surface area contributed by atoms with Gasteiger partial charge in [0.15, 0.2) is 0 Å². The van der Waals surface area contributed by atoms with Crippen molar-refractivity contribution in [3.8, 4) is 0 Å². The molecule has 1 rings (SSSR count). The molecule has 5 nitrogen and oxygen atoms in total. The smallest absolute Gasteiger partial charge is 0.326 e. The van der Waals surface area contributed by atoms with Gasteiger partial charge in [0.1, 0.15) is 6.04 Å². The quantitative estimate of drug-likeness (QED) is 0.705. The molecule has 110 valence electrons. The molecule has 0 saturated heterocycles. The van der Waals surface area contributed by atoms with Crippen LogP contribution in [0.15, 0.2) is 22.7 Å². The Kier molecular flexibility index (Phi) is 7.18. The summed E-state index contributed by atoms with van der Waals surface area (Å²) in [7, 11) is 0. The summed E-state index contributed by atoms with van der Waals surface area (Å²) in [4.78, 5) is 22.8. The van der Waals surface area contributed by atoms with Crippen molar-refractivity contribution in [3.05, 3.63) is 27.7 Å². The highest BCUT2D eigenvalue weighted by molar-refractivity contribution is 9.10. The molecule has 0 radical (unpaired) electrons. The van der Waals surface area contributed by atoms with E-state index in [4.69, 9.17) is 16.7 Å². The number of anilines is 1. The van der Waals surface area contributed by atoms with Crippen molar-refractivity contribution in [2.75, 3.05) is 17.3 Å². The monoisotopic (exact) mass is 380 g/mol. The number of thioether (sulfide) groups is 1. The fraction of sp³-hybridized carbons (Fsp3) is 0.333. The molecular formula is C12H14BrClN2O3S. The molecule has 20 heavy (non-hydrogen) atoms. The van der Waals surface area contributed by atoms with Gasteiger partial charge in [0.05, 0.1) is 5.69 Å². The molecule has 1 aromatic carbocycles. The minimum absolute atomic E-state index is 0.367. The summed E-state index contributed by atoms with van der Waals surface area (Å²) in [5, 5.41) is 14.6. The zero-order chi connectivity index (χ0) is 15.1. The first-order chi connectivity index (χ1) is 9.43. The SMILES string of the molecule is CSCCC(NC(=O)Nc1ccc(Cl)cc1Br)C(=O)O. The topological polar surface area (TPSA) is 78.4 Å². The summed E-state index contributed by atoms with van der Waals surface area (Å²) in [6.07, 6.45) is 2.25. The van der Waals surface area contributed by atoms with Gasteiger partial charge in [-0.15, -0.1) is 0 Å². The molecule has 0 aliphatic rings. The molecule has 0 spiro atoms. The lowest BCUT2D eigenvalue weighted by Gasteiger charge is -2.15. The third-order valence-corrected chi connectivity index (χ3v) is 3.93. The van der Waals surface area contributed by atoms with E-state index < -0.39 is 18.0 Å². The predicted octanol–water partition coefficient (Wildman–Crippen LogP) is 3.43. The molecule has 0 fully saturated rings. The standard InChI is InChI=1S/C12H14BrClN2O3S/c1-20-5-4-10(11(17)18)16-12(19)15-9-3-2-7(14)6-8(9)13/h2-3,6,10H,4-5H2,1H3,(H,17,18)(H2,15,16,19). The Morgan fingerprint density at radius 3 is 2.75 bits per heavy atom. The number of halogens is 2. The molecule has 0 aromatic heterocycles. The van der Waals surface area contributed by atoms with Crippen LogP contribution in [0.25, 0.3) is 0 Å². The number of hydrogen-bond acceptors (Lipinski definition) is 3. The van der Waals surface area contributed by atoms with E-state index in [9.17, 15) is 9.59 Å². The molecule has 3 N–H and O–H groups in total. The number of hydrogen-bond donors (Lipinski definition) is 3. The number of nitrogens with one attached hydrogen (secondary N) is 2. The summed E-state index contributed by atoms with van der Waals surface area (Å²) < 4.78 is 0.621. The third kappa shape index (κ3) is 5.60. The Labute approximate surface area is 134 Å². The van der Waals surface area contributed by atoms with E-state index in [-0.39, 0.29) is 0 Å². The first-order valence-corrected chi connectivity index (χ1v) is 8.25. The van der Waals surface area contributed by atoms with Crippen molar-refractivity contribution < 1.29 is 14.7 Å². The highest BCUT2D eigenvalue weighted by Crippen LogP contribution is 2.25. The van der Waals surface area contributed by atoms with Crippen LogP contribution in [0.3, 0.4) is 0 Å². The maximum Gasteiger partial charge on any atom is 0.326 e. The lowest BCUT2D eigenvalue weighted by atomic mass is 10.2. The maximum atomic E-state index is 11.8. The summed E-state index contributed by atoms with van der Waals surface area (Å²) in [5.74, 6) is -0.397. The normalized spacial score (nSPS) is 11.8. The van der Waals surface area contributed by atoms with Crippen LogP contribution in [-0.2, 0) is 4.79 Å². The lowest BCUT2D eigenvalue weighted by Crippen LogP contribution is -2.43. The van der Waals surface area contributed by atoms with E-state index in [1.807, 2.05) is 6.26 Å². The number of carbonyl (C=O) groups is 2. The second-order valence-corrected chi connectivity index (χ2v) is 6.17. The van der Waals surface area contributed by atoms with Crippen LogP contribution in [-0.4, -0.2) is 35.2 Å². The fourth-order valence-corrected chi connectivity index (χ4v) is 2.65. The fourth-order valence-electron chi connectivity index (χ4n) is 1.40. The molecule has 0 heterocycles. The summed E-state index contributed by atoms with van der Waals surface area (Å²) in [6, 6.07) is 3.42. The van der Waals surface area contributed by atoms with Crippen molar-refractivity contribution in [3.63, 3.8) is 0 Å². The molecule has 2 amide bonds. The number of aliphatic carboxylic acids is 1. The number of carbonyl (C=O) groups excluding carboxylic acids is 1. The van der Waals surface area contributed by atoms with Crippen molar-refractivity contribution in [2.24, 2.45) is 0 Å². The van der Waals surface area contributed by atoms with Crippen molar-refractivity contribution in [1.29, 1.82) is 0 Å². The largest absolute Gasteiger partial charge is 0.480 e. The van der Waals surface area contributed by atoms with Crippen molar-refractivity contribution >= 4 is 57.0 Å². The summed E-state index contributed by atoms with van der Waals surface area (Å²) in [5.41, 5.74) is 0.515. The van der Waals surface area contributed by atoms with E-state index in [1.54, 1.807) is 18.2 Å². The van der Waals surface area contributed by atoms with E-state index in [1.165, 1.54) is 11.8 Å². The zero-order valence-electron chi connectivity index (χ0n) is 10.7. The maximum absolute atomic E-state index is 11.8. The Balaban J connectivity index is 2.63. The van der Waals surface area contributed by atoms with Gasteiger partial charge in [-0.3, -0.25) is 0 Å². The number of benzene rings is 1. The van der Waals surface area contributed by atoms with E-state index in [0.29, 0.717) is 27.4 Å². The van der Waals surface area contributed by atoms with Crippen LogP contribution in [0, 0.1) is 0 Å². The van der Waals surface area contributed by atoms with Crippen molar-refractivity contribution in [2.45, 2.75) is 12.5 Å². The van der Waals surface area contributed by atoms with Gasteiger partial charge in [0.25, 0.3) is 0 Å². The predicted molar refractivity (Wildman–Crippen MR) is 85.7 cm³/mol. The number of carboxylic acid groups (broad SMARTS) is 1. The van der Waals surface area contributed by atoms with Gasteiger partial charge >= 0.3 is 12.0 Å². The Morgan fingerprint density at radius 2 is 2.20 bits per heavy atom. The van der Waals surface area contributed by atoms with Crippen LogP contribution in [0.1, 0.15) is 6.42 Å². The Morgan fingerprint density at radius 1 is 1.50 bits per heavy atom. The van der Waals surface area contributed by atoms with E-state index in [0.717, 1.165) is 0 Å². The average Bonchev–Trinajstić information content (AvgIpc) is 2.37. The number of carboxylic acids is 1. The van der Waals surface area contributed by atoms with Gasteiger partial charge in [0.2, 0.25) is 0 Å². The van der Waals surface area contributed by atoms with Gasteiger partial charge in [-0.2, -0.15) is 11.8 Å². The minimum Gasteiger partial charge on any atom is -0.480 e. The first kappa shape index (κ1) is 17.1. The van der Waals surface area contributed by atoms with Crippen molar-refractivity contribution in [1.82, 2.24) is 5.32 Å². The van der Waals surface area contributed by atoms with Crippen LogP contribution < -0.4 is 10.6 Å². The first-order valence-electron chi connectivity index (χ1n) is 5.68. The summed E-state index contributed by atoms with van der Waals surface area (Å²) >= 11 is 10.6. The van der Waals surface area contributed by atoms with E-state index >= 15 is 0 Å². The zero-order valence-corrected chi connectivity index (χ0v) is 13.8. The van der Waals surface area contributed by atoms with Gasteiger partial charge in [-0.25, -0.2) is 9.59 Å². The van der Waals surface area contributed by atoms with Gasteiger partial charge in [0, 0.05) is 9.50 Å². The Hall–Kier alpha value is -0.920. The molecule has 1 unspecified atom stereocenters. The highest BCUT2D eigenvalue weighted by atomic mass is 79.9. The number of urea groups is 1. The van der Waals surface area contributed by atoms with Gasteiger partial charge in [-0.1, -0.05) is 11.6 Å². The molecule has 0 bridgehead atoms. The molecule has 1 aromatic rings. The molecule has 0 aliphatic carbocycles. The van der Waals surface area contributed by atoms with Crippen LogP contribution in [0.5, 0.6) is 0 Å². The van der Waals surface area contributed by atoms with Gasteiger partial charge in [-0.05, 0) is 52.6 Å². The van der Waals surface area contributed by atoms with E-state index in [2.05, 4.69) is 26.6 Å². The highest BCUT2D eigenvalue weighted by Gasteiger charge is 2.19.